The van der Waals surface area contributed by atoms with E-state index >= 15 is 0 Å². The van der Waals surface area contributed by atoms with Crippen LogP contribution in [0.1, 0.15) is 0 Å². The van der Waals surface area contributed by atoms with Gasteiger partial charge < -0.3 is 4.74 Å². The monoisotopic (exact) mass is 517 g/mol. The van der Waals surface area contributed by atoms with E-state index < -0.39 is 5.97 Å². The quantitative estimate of drug-likeness (QED) is 0.190. The first kappa shape index (κ1) is 21.4. The summed E-state index contributed by atoms with van der Waals surface area (Å²) in [7, 11) is 1.28. The van der Waals surface area contributed by atoms with Crippen LogP contribution in [-0.4, -0.2) is 29.1 Å². The number of hydrogen-bond acceptors (Lipinski definition) is 6. The zero-order valence-corrected chi connectivity index (χ0v) is 19.8. The van der Waals surface area contributed by atoms with E-state index in [2.05, 4.69) is 15.9 Å². The number of para-hydroxylation sites is 2. The zero-order valence-electron chi connectivity index (χ0n) is 17.4. The number of anilines is 1. The molecule has 4 aromatic rings. The van der Waals surface area contributed by atoms with Crippen LogP contribution < -0.4 is 4.90 Å². The summed E-state index contributed by atoms with van der Waals surface area (Å²) in [5.41, 5.74) is 2.98. The fourth-order valence-electron chi connectivity index (χ4n) is 3.57. The average molecular weight is 518 g/mol. The van der Waals surface area contributed by atoms with Gasteiger partial charge in [0.2, 0.25) is 0 Å². The van der Waals surface area contributed by atoms with Crippen molar-refractivity contribution in [3.8, 4) is 0 Å². The molecule has 1 aromatic heterocycles. The van der Waals surface area contributed by atoms with E-state index in [0.717, 1.165) is 38.0 Å². The highest BCUT2D eigenvalue weighted by atomic mass is 79.9. The number of nitrogens with zero attached hydrogens (tertiary/aromatic N) is 3. The lowest BCUT2D eigenvalue weighted by atomic mass is 10.1. The Morgan fingerprint density at radius 3 is 2.21 bits per heavy atom. The number of halogens is 1. The number of fused-ring (bicyclic) bond motifs is 2. The van der Waals surface area contributed by atoms with E-state index in [9.17, 15) is 9.59 Å². The van der Waals surface area contributed by atoms with Crippen molar-refractivity contribution in [2.24, 2.45) is 4.99 Å². The van der Waals surface area contributed by atoms with E-state index in [1.807, 2.05) is 72.8 Å². The van der Waals surface area contributed by atoms with E-state index in [-0.39, 0.29) is 10.8 Å². The van der Waals surface area contributed by atoms with Gasteiger partial charge in [0.1, 0.15) is 0 Å². The van der Waals surface area contributed by atoms with E-state index in [0.29, 0.717) is 16.5 Å². The highest BCUT2D eigenvalue weighted by Gasteiger charge is 2.35. The Bertz CT molecular complexity index is 1430. The molecule has 0 N–H and O–H groups in total. The lowest BCUT2D eigenvalue weighted by molar-refractivity contribution is -0.135. The summed E-state index contributed by atoms with van der Waals surface area (Å²) in [5, 5.41) is 2.19. The minimum atomic E-state index is -0.595. The molecule has 1 aliphatic rings. The molecule has 0 aliphatic carbocycles. The SMILES string of the molecule is COC(=O)C=C1SC(=Nc2c3ccccc3nc3ccccc23)N(c2ccc(Br)cc2)C1=O. The molecule has 0 radical (unpaired) electrons. The van der Waals surface area contributed by atoms with Crippen LogP contribution in [0.15, 0.2) is 93.2 Å². The first-order valence-electron chi connectivity index (χ1n) is 9.99. The summed E-state index contributed by atoms with van der Waals surface area (Å²) in [5.74, 6) is -0.934. The number of amidine groups is 1. The van der Waals surface area contributed by atoms with Gasteiger partial charge in [-0.15, -0.1) is 0 Å². The lowest BCUT2D eigenvalue weighted by Crippen LogP contribution is -2.28. The molecular weight excluding hydrogens is 502 g/mol. The van der Waals surface area contributed by atoms with E-state index in [1.165, 1.54) is 18.1 Å². The van der Waals surface area contributed by atoms with Crippen molar-refractivity contribution in [3.05, 3.63) is 88.3 Å². The van der Waals surface area contributed by atoms with Crippen LogP contribution in [0.25, 0.3) is 21.8 Å². The molecule has 0 unspecified atom stereocenters. The highest BCUT2D eigenvalue weighted by molar-refractivity contribution is 9.10. The number of amides is 1. The number of benzene rings is 3. The van der Waals surface area contributed by atoms with Gasteiger partial charge in [0.05, 0.1) is 34.4 Å². The third kappa shape index (κ3) is 4.03. The smallest absolute Gasteiger partial charge is 0.331 e. The summed E-state index contributed by atoms with van der Waals surface area (Å²) in [6.07, 6.45) is 1.20. The molecule has 6 nitrogen and oxygen atoms in total. The second-order valence-electron chi connectivity index (χ2n) is 7.14. The third-order valence-electron chi connectivity index (χ3n) is 5.11. The summed E-state index contributed by atoms with van der Waals surface area (Å²) in [6, 6.07) is 22.9. The Kier molecular flexibility index (Phi) is 5.70. The van der Waals surface area contributed by atoms with E-state index in [4.69, 9.17) is 14.7 Å². The van der Waals surface area contributed by atoms with Crippen LogP contribution >= 0.6 is 27.7 Å². The lowest BCUT2D eigenvalue weighted by Gasteiger charge is -2.16. The van der Waals surface area contributed by atoms with Gasteiger partial charge >= 0.3 is 5.97 Å². The third-order valence-corrected chi connectivity index (χ3v) is 6.61. The molecule has 1 aliphatic heterocycles. The minimum absolute atomic E-state index is 0.242. The van der Waals surface area contributed by atoms with E-state index in [1.54, 1.807) is 0 Å². The molecule has 1 saturated heterocycles. The molecule has 0 atom stereocenters. The summed E-state index contributed by atoms with van der Waals surface area (Å²) < 4.78 is 5.62. The zero-order chi connectivity index (χ0) is 22.9. The predicted octanol–water partition coefficient (Wildman–Crippen LogP) is 5.97. The van der Waals surface area contributed by atoms with Crippen LogP contribution in [0.2, 0.25) is 0 Å². The fourth-order valence-corrected chi connectivity index (χ4v) is 4.78. The molecule has 0 spiro atoms. The predicted molar refractivity (Wildman–Crippen MR) is 136 cm³/mol. The Morgan fingerprint density at radius 2 is 1.61 bits per heavy atom. The second kappa shape index (κ2) is 8.80. The van der Waals surface area contributed by atoms with Crippen molar-refractivity contribution >= 4 is 77.9 Å². The Labute approximate surface area is 202 Å². The maximum Gasteiger partial charge on any atom is 0.331 e. The summed E-state index contributed by atoms with van der Waals surface area (Å²) in [6.45, 7) is 0. The van der Waals surface area contributed by atoms with Crippen LogP contribution in [0.3, 0.4) is 0 Å². The van der Waals surface area contributed by atoms with Crippen molar-refractivity contribution < 1.29 is 14.3 Å². The number of ether oxygens (including phenoxy) is 1. The van der Waals surface area contributed by atoms with Crippen molar-refractivity contribution in [2.75, 3.05) is 12.0 Å². The van der Waals surface area contributed by atoms with Gasteiger partial charge in [-0.05, 0) is 48.2 Å². The van der Waals surface area contributed by atoms with Crippen LogP contribution in [0.5, 0.6) is 0 Å². The normalized spacial score (nSPS) is 16.3. The maximum absolute atomic E-state index is 13.3. The number of methoxy groups -OCH3 is 1. The van der Waals surface area contributed by atoms with Crippen molar-refractivity contribution in [1.29, 1.82) is 0 Å². The van der Waals surface area contributed by atoms with Crippen LogP contribution in [0.4, 0.5) is 11.4 Å². The van der Waals surface area contributed by atoms with Crippen molar-refractivity contribution in [1.82, 2.24) is 4.98 Å². The number of rotatable bonds is 3. The second-order valence-corrected chi connectivity index (χ2v) is 9.06. The van der Waals surface area contributed by atoms with Crippen LogP contribution in [0, 0.1) is 0 Å². The molecule has 0 saturated carbocycles. The number of esters is 1. The molecule has 0 bridgehead atoms. The van der Waals surface area contributed by atoms with Crippen molar-refractivity contribution in [3.63, 3.8) is 0 Å². The maximum atomic E-state index is 13.3. The Balaban J connectivity index is 1.75. The minimum Gasteiger partial charge on any atom is -0.466 e. The van der Waals surface area contributed by atoms with Gasteiger partial charge in [-0.3, -0.25) is 9.69 Å². The standard InChI is InChI=1S/C25H16BrN3O3S/c1-32-22(30)14-21-24(31)29(16-12-10-15(26)11-13-16)25(33-21)28-23-17-6-2-4-8-19(17)27-20-9-5-3-7-18(20)23/h2-14H,1H3. The highest BCUT2D eigenvalue weighted by Crippen LogP contribution is 2.40. The number of hydrogen-bond donors (Lipinski definition) is 0. The molecular formula is C25H16BrN3O3S. The molecule has 3 aromatic carbocycles. The molecule has 33 heavy (non-hydrogen) atoms. The molecule has 162 valence electrons. The molecule has 1 fully saturated rings. The topological polar surface area (TPSA) is 71.9 Å². The number of pyridine rings is 1. The van der Waals surface area contributed by atoms with Gasteiger partial charge in [0.25, 0.3) is 5.91 Å². The Hall–Kier alpha value is -3.49. The number of aliphatic imine (C=N–C) groups is 1. The first-order chi connectivity index (χ1) is 16.0. The molecule has 1 amide bonds. The number of aromatic nitrogens is 1. The molecule has 5 rings (SSSR count). The van der Waals surface area contributed by atoms with Gasteiger partial charge in [-0.1, -0.05) is 52.3 Å². The fraction of sp³-hybridized carbons (Fsp3) is 0.0400. The number of carbonyl (C=O) groups excluding carboxylic acids is 2. The number of carbonyl (C=O) groups is 2. The van der Waals surface area contributed by atoms with Gasteiger partial charge in [0.15, 0.2) is 5.17 Å². The van der Waals surface area contributed by atoms with Crippen molar-refractivity contribution in [2.45, 2.75) is 0 Å². The largest absolute Gasteiger partial charge is 0.466 e. The van der Waals surface area contributed by atoms with Crippen LogP contribution in [-0.2, 0) is 14.3 Å². The van der Waals surface area contributed by atoms with Gasteiger partial charge in [-0.2, -0.15) is 0 Å². The van der Waals surface area contributed by atoms with Gasteiger partial charge in [0, 0.05) is 21.3 Å². The first-order valence-corrected chi connectivity index (χ1v) is 11.6. The van der Waals surface area contributed by atoms with Gasteiger partial charge in [-0.25, -0.2) is 14.8 Å². The molecule has 2 heterocycles. The summed E-state index contributed by atoms with van der Waals surface area (Å²) in [4.78, 5) is 36.6. The molecule has 8 heteroatoms. The Morgan fingerprint density at radius 1 is 1.00 bits per heavy atom. The summed E-state index contributed by atoms with van der Waals surface area (Å²) >= 11 is 4.56. The number of thioether (sulfide) groups is 1. The average Bonchev–Trinajstić information content (AvgIpc) is 3.13.